The van der Waals surface area contributed by atoms with Crippen molar-refractivity contribution in [1.82, 2.24) is 5.32 Å². The second kappa shape index (κ2) is 6.81. The fraction of sp³-hybridized carbons (Fsp3) is 0.529. The summed E-state index contributed by atoms with van der Waals surface area (Å²) < 4.78 is 0. The summed E-state index contributed by atoms with van der Waals surface area (Å²) in [5.74, 6) is 0.282. The summed E-state index contributed by atoms with van der Waals surface area (Å²) in [5.41, 5.74) is 1.67. The van der Waals surface area contributed by atoms with Crippen molar-refractivity contribution in [2.24, 2.45) is 5.92 Å². The highest BCUT2D eigenvalue weighted by Crippen LogP contribution is 2.25. The van der Waals surface area contributed by atoms with E-state index in [-0.39, 0.29) is 17.9 Å². The molecule has 118 valence electrons. The van der Waals surface area contributed by atoms with Crippen molar-refractivity contribution in [1.29, 1.82) is 0 Å². The molecule has 1 aliphatic carbocycles. The van der Waals surface area contributed by atoms with Gasteiger partial charge >= 0.3 is 6.03 Å². The third-order valence-corrected chi connectivity index (χ3v) is 4.50. The SMILES string of the molecule is O=C(Nc1ccc(N2CCCNC2=O)cc1)C1CCCCC1. The summed E-state index contributed by atoms with van der Waals surface area (Å²) in [4.78, 5) is 25.8. The number of urea groups is 1. The van der Waals surface area contributed by atoms with Crippen molar-refractivity contribution in [2.45, 2.75) is 38.5 Å². The quantitative estimate of drug-likeness (QED) is 0.901. The van der Waals surface area contributed by atoms with Gasteiger partial charge in [0.05, 0.1) is 0 Å². The lowest BCUT2D eigenvalue weighted by Crippen LogP contribution is -2.46. The van der Waals surface area contributed by atoms with Crippen LogP contribution >= 0.6 is 0 Å². The van der Waals surface area contributed by atoms with Crippen LogP contribution in [0, 0.1) is 5.92 Å². The molecule has 3 rings (SSSR count). The Hall–Kier alpha value is -2.04. The first-order valence-corrected chi connectivity index (χ1v) is 8.20. The first-order chi connectivity index (χ1) is 10.7. The zero-order valence-electron chi connectivity index (χ0n) is 12.8. The maximum Gasteiger partial charge on any atom is 0.321 e. The van der Waals surface area contributed by atoms with E-state index < -0.39 is 0 Å². The van der Waals surface area contributed by atoms with E-state index in [1.165, 1.54) is 6.42 Å². The van der Waals surface area contributed by atoms with Crippen molar-refractivity contribution >= 4 is 23.3 Å². The van der Waals surface area contributed by atoms with Crippen LogP contribution in [0.3, 0.4) is 0 Å². The maximum absolute atomic E-state index is 12.2. The molecule has 0 aromatic heterocycles. The Kier molecular flexibility index (Phi) is 4.61. The van der Waals surface area contributed by atoms with Crippen LogP contribution in [-0.4, -0.2) is 25.0 Å². The number of benzene rings is 1. The minimum atomic E-state index is -0.0507. The standard InChI is InChI=1S/C17H23N3O2/c21-16(13-5-2-1-3-6-13)19-14-7-9-15(10-8-14)20-12-4-11-18-17(20)22/h7-10,13H,1-6,11-12H2,(H,18,22)(H,19,21). The van der Waals surface area contributed by atoms with Crippen molar-refractivity contribution < 1.29 is 9.59 Å². The Morgan fingerprint density at radius 1 is 1.09 bits per heavy atom. The zero-order valence-corrected chi connectivity index (χ0v) is 12.8. The Bertz CT molecular complexity index is 535. The summed E-state index contributed by atoms with van der Waals surface area (Å²) >= 11 is 0. The van der Waals surface area contributed by atoms with E-state index in [0.29, 0.717) is 0 Å². The number of carbonyl (C=O) groups is 2. The fourth-order valence-electron chi connectivity index (χ4n) is 3.21. The normalized spacial score (nSPS) is 19.6. The predicted molar refractivity (Wildman–Crippen MR) is 87.0 cm³/mol. The summed E-state index contributed by atoms with van der Waals surface area (Å²) in [7, 11) is 0. The van der Waals surface area contributed by atoms with Gasteiger partial charge in [0.2, 0.25) is 5.91 Å². The third kappa shape index (κ3) is 3.40. The molecule has 1 aromatic rings. The van der Waals surface area contributed by atoms with Gasteiger partial charge in [0.15, 0.2) is 0 Å². The zero-order chi connectivity index (χ0) is 15.4. The van der Waals surface area contributed by atoms with Gasteiger partial charge in [-0.05, 0) is 43.5 Å². The number of hydrogen-bond acceptors (Lipinski definition) is 2. The molecule has 5 heteroatoms. The largest absolute Gasteiger partial charge is 0.338 e. The second-order valence-corrected chi connectivity index (χ2v) is 6.11. The number of nitrogens with zero attached hydrogens (tertiary/aromatic N) is 1. The molecule has 5 nitrogen and oxygen atoms in total. The number of anilines is 2. The smallest absolute Gasteiger partial charge is 0.321 e. The topological polar surface area (TPSA) is 61.4 Å². The van der Waals surface area contributed by atoms with Crippen LogP contribution in [0.25, 0.3) is 0 Å². The molecule has 2 N–H and O–H groups in total. The predicted octanol–water partition coefficient (Wildman–Crippen LogP) is 3.13. The molecule has 0 spiro atoms. The van der Waals surface area contributed by atoms with Gasteiger partial charge in [-0.3, -0.25) is 9.69 Å². The van der Waals surface area contributed by atoms with Crippen LogP contribution in [0.4, 0.5) is 16.2 Å². The molecule has 2 aliphatic rings. The van der Waals surface area contributed by atoms with Crippen molar-refractivity contribution in [3.8, 4) is 0 Å². The van der Waals surface area contributed by atoms with E-state index in [2.05, 4.69) is 10.6 Å². The average Bonchev–Trinajstić information content (AvgIpc) is 2.57. The van der Waals surface area contributed by atoms with Gasteiger partial charge < -0.3 is 10.6 Å². The van der Waals surface area contributed by atoms with Gasteiger partial charge in [0, 0.05) is 30.4 Å². The van der Waals surface area contributed by atoms with E-state index in [9.17, 15) is 9.59 Å². The maximum atomic E-state index is 12.2. The number of rotatable bonds is 3. The summed E-state index contributed by atoms with van der Waals surface area (Å²) in [6, 6.07) is 7.48. The van der Waals surface area contributed by atoms with Crippen LogP contribution in [-0.2, 0) is 4.79 Å². The lowest BCUT2D eigenvalue weighted by atomic mass is 9.88. The monoisotopic (exact) mass is 301 g/mol. The van der Waals surface area contributed by atoms with Gasteiger partial charge in [-0.15, -0.1) is 0 Å². The molecule has 22 heavy (non-hydrogen) atoms. The third-order valence-electron chi connectivity index (χ3n) is 4.50. The van der Waals surface area contributed by atoms with Gasteiger partial charge in [-0.1, -0.05) is 19.3 Å². The molecule has 1 aliphatic heterocycles. The minimum absolute atomic E-state index is 0.0507. The number of amides is 3. The van der Waals surface area contributed by atoms with E-state index in [4.69, 9.17) is 0 Å². The lowest BCUT2D eigenvalue weighted by molar-refractivity contribution is -0.120. The molecule has 2 fully saturated rings. The number of carbonyl (C=O) groups excluding carboxylic acids is 2. The molecule has 1 saturated heterocycles. The minimum Gasteiger partial charge on any atom is -0.338 e. The van der Waals surface area contributed by atoms with Crippen molar-refractivity contribution in [2.75, 3.05) is 23.3 Å². The van der Waals surface area contributed by atoms with Crippen LogP contribution in [0.2, 0.25) is 0 Å². The Labute approximate surface area is 131 Å². The Morgan fingerprint density at radius 3 is 2.50 bits per heavy atom. The molecule has 1 heterocycles. The van der Waals surface area contributed by atoms with Crippen molar-refractivity contribution in [3.63, 3.8) is 0 Å². The second-order valence-electron chi connectivity index (χ2n) is 6.11. The molecule has 1 saturated carbocycles. The summed E-state index contributed by atoms with van der Waals surface area (Å²) in [5, 5.41) is 5.83. The number of hydrogen-bond donors (Lipinski definition) is 2. The highest BCUT2D eigenvalue weighted by Gasteiger charge is 2.22. The fourth-order valence-corrected chi connectivity index (χ4v) is 3.21. The number of nitrogens with one attached hydrogen (secondary N) is 2. The molecule has 0 unspecified atom stereocenters. The van der Waals surface area contributed by atoms with E-state index in [1.807, 2.05) is 24.3 Å². The van der Waals surface area contributed by atoms with E-state index >= 15 is 0 Å². The van der Waals surface area contributed by atoms with Crippen molar-refractivity contribution in [3.05, 3.63) is 24.3 Å². The molecular weight excluding hydrogens is 278 g/mol. The summed E-state index contributed by atoms with van der Waals surface area (Å²) in [6.45, 7) is 1.48. The van der Waals surface area contributed by atoms with Crippen LogP contribution in [0.1, 0.15) is 38.5 Å². The first kappa shape index (κ1) is 14.9. The van der Waals surface area contributed by atoms with Gasteiger partial charge in [-0.25, -0.2) is 4.79 Å². The van der Waals surface area contributed by atoms with E-state index in [1.54, 1.807) is 4.90 Å². The van der Waals surface area contributed by atoms with Crippen LogP contribution in [0.5, 0.6) is 0 Å². The Morgan fingerprint density at radius 2 is 1.82 bits per heavy atom. The molecule has 1 aromatic carbocycles. The molecule has 0 bridgehead atoms. The molecule has 3 amide bonds. The first-order valence-electron chi connectivity index (χ1n) is 8.20. The highest BCUT2D eigenvalue weighted by atomic mass is 16.2. The average molecular weight is 301 g/mol. The molecule has 0 radical (unpaired) electrons. The highest BCUT2D eigenvalue weighted by molar-refractivity contribution is 5.94. The molecule has 0 atom stereocenters. The van der Waals surface area contributed by atoms with Gasteiger partial charge in [-0.2, -0.15) is 0 Å². The summed E-state index contributed by atoms with van der Waals surface area (Å²) in [6.07, 6.45) is 6.50. The lowest BCUT2D eigenvalue weighted by Gasteiger charge is -2.27. The molecular formula is C17H23N3O2. The van der Waals surface area contributed by atoms with E-state index in [0.717, 1.165) is 56.6 Å². The van der Waals surface area contributed by atoms with Gasteiger partial charge in [0.1, 0.15) is 0 Å². The van der Waals surface area contributed by atoms with Gasteiger partial charge in [0.25, 0.3) is 0 Å². The van der Waals surface area contributed by atoms with Crippen LogP contribution < -0.4 is 15.5 Å². The Balaban J connectivity index is 1.61. The van der Waals surface area contributed by atoms with Crippen LogP contribution in [0.15, 0.2) is 24.3 Å².